The summed E-state index contributed by atoms with van der Waals surface area (Å²) in [6, 6.07) is 13.2. The molecule has 6 rings (SSSR count). The number of nitrogen functional groups attached to an aromatic ring is 1. The van der Waals surface area contributed by atoms with Crippen molar-refractivity contribution in [3.05, 3.63) is 71.0 Å². The van der Waals surface area contributed by atoms with Gasteiger partial charge in [0, 0.05) is 29.1 Å². The Labute approximate surface area is 179 Å². The molecule has 0 saturated heterocycles. The highest BCUT2D eigenvalue weighted by molar-refractivity contribution is 6.13. The number of nitrogens with two attached hydrogens (primary N) is 1. The Balaban J connectivity index is 1.54. The van der Waals surface area contributed by atoms with Gasteiger partial charge in [-0.1, -0.05) is 12.1 Å². The first kappa shape index (κ1) is 18.1. The van der Waals surface area contributed by atoms with Crippen LogP contribution in [-0.4, -0.2) is 30.7 Å². The SMILES string of the molecule is Cc1cccnc1CN1C(=O)C2(COc3cc4c(cc32)OCCO4)c2c(N)cccc21. The summed E-state index contributed by atoms with van der Waals surface area (Å²) in [6.07, 6.45) is 1.75. The lowest BCUT2D eigenvalue weighted by Crippen LogP contribution is -2.42. The standard InChI is InChI=1S/C24H21N3O4/c1-14-4-3-7-26-17(14)12-27-18-6-2-5-16(25)22(18)24(23(27)28)13-31-19-11-21-20(10-15(19)24)29-8-9-30-21/h2-7,10-11H,8-9,12-13,25H2,1H3. The van der Waals surface area contributed by atoms with Crippen LogP contribution in [0.3, 0.4) is 0 Å². The Bertz CT molecular complexity index is 1240. The van der Waals surface area contributed by atoms with Gasteiger partial charge in [-0.25, -0.2) is 0 Å². The van der Waals surface area contributed by atoms with Crippen molar-refractivity contribution in [1.29, 1.82) is 0 Å². The van der Waals surface area contributed by atoms with E-state index in [1.54, 1.807) is 11.1 Å². The summed E-state index contributed by atoms with van der Waals surface area (Å²) in [5.41, 5.74) is 10.2. The minimum Gasteiger partial charge on any atom is -0.491 e. The van der Waals surface area contributed by atoms with Gasteiger partial charge in [-0.15, -0.1) is 0 Å². The number of carbonyl (C=O) groups is 1. The van der Waals surface area contributed by atoms with Crippen LogP contribution in [0.25, 0.3) is 0 Å². The predicted octanol–water partition coefficient (Wildman–Crippen LogP) is 2.97. The van der Waals surface area contributed by atoms with Crippen molar-refractivity contribution in [2.24, 2.45) is 0 Å². The van der Waals surface area contributed by atoms with Crippen LogP contribution in [0.2, 0.25) is 0 Å². The molecule has 1 aromatic heterocycles. The summed E-state index contributed by atoms with van der Waals surface area (Å²) in [7, 11) is 0. The van der Waals surface area contributed by atoms with E-state index >= 15 is 0 Å². The summed E-state index contributed by atoms with van der Waals surface area (Å²) < 4.78 is 17.5. The number of aryl methyl sites for hydroxylation is 1. The van der Waals surface area contributed by atoms with E-state index in [-0.39, 0.29) is 12.5 Å². The maximum Gasteiger partial charge on any atom is 0.246 e. The number of benzene rings is 2. The Morgan fingerprint density at radius 2 is 1.87 bits per heavy atom. The molecule has 3 aliphatic rings. The molecule has 1 amide bonds. The molecule has 0 fully saturated rings. The molecule has 2 aromatic carbocycles. The van der Waals surface area contributed by atoms with Crippen molar-refractivity contribution in [2.45, 2.75) is 18.9 Å². The summed E-state index contributed by atoms with van der Waals surface area (Å²) in [5, 5.41) is 0. The van der Waals surface area contributed by atoms with Gasteiger partial charge < -0.3 is 24.8 Å². The molecular formula is C24H21N3O4. The molecule has 3 aromatic rings. The van der Waals surface area contributed by atoms with Crippen molar-refractivity contribution >= 4 is 17.3 Å². The number of anilines is 2. The Kier molecular flexibility index (Phi) is 3.72. The van der Waals surface area contributed by atoms with Gasteiger partial charge in [-0.2, -0.15) is 0 Å². The second kappa shape index (κ2) is 6.38. The lowest BCUT2D eigenvalue weighted by Gasteiger charge is -2.25. The molecule has 0 saturated carbocycles. The van der Waals surface area contributed by atoms with Crippen molar-refractivity contribution in [2.75, 3.05) is 30.5 Å². The fourth-order valence-electron chi connectivity index (χ4n) is 4.86. The van der Waals surface area contributed by atoms with Gasteiger partial charge in [0.15, 0.2) is 11.5 Å². The van der Waals surface area contributed by atoms with Crippen molar-refractivity contribution in [3.8, 4) is 17.2 Å². The molecule has 7 nitrogen and oxygen atoms in total. The molecule has 4 heterocycles. The molecule has 3 aliphatic heterocycles. The quantitative estimate of drug-likeness (QED) is 0.648. The maximum absolute atomic E-state index is 14.1. The fourth-order valence-corrected chi connectivity index (χ4v) is 4.86. The first-order chi connectivity index (χ1) is 15.1. The number of aromatic nitrogens is 1. The van der Waals surface area contributed by atoms with Gasteiger partial charge in [0.2, 0.25) is 5.91 Å². The number of amides is 1. The van der Waals surface area contributed by atoms with E-state index < -0.39 is 5.41 Å². The minimum absolute atomic E-state index is 0.0686. The largest absolute Gasteiger partial charge is 0.491 e. The summed E-state index contributed by atoms with van der Waals surface area (Å²) >= 11 is 0. The Morgan fingerprint density at radius 3 is 2.68 bits per heavy atom. The van der Waals surface area contributed by atoms with Crippen LogP contribution in [0.4, 0.5) is 11.4 Å². The molecule has 156 valence electrons. The zero-order valence-corrected chi connectivity index (χ0v) is 17.1. The predicted molar refractivity (Wildman–Crippen MR) is 115 cm³/mol. The van der Waals surface area contributed by atoms with Gasteiger partial charge >= 0.3 is 0 Å². The summed E-state index contributed by atoms with van der Waals surface area (Å²) in [5.74, 6) is 1.82. The molecule has 7 heteroatoms. The van der Waals surface area contributed by atoms with E-state index in [9.17, 15) is 4.79 Å². The summed E-state index contributed by atoms with van der Waals surface area (Å²) in [6.45, 7) is 3.50. The fraction of sp³-hybridized carbons (Fsp3) is 0.250. The van der Waals surface area contributed by atoms with Crippen molar-refractivity contribution in [3.63, 3.8) is 0 Å². The van der Waals surface area contributed by atoms with E-state index in [0.29, 0.717) is 42.7 Å². The second-order valence-corrected chi connectivity index (χ2v) is 8.09. The van der Waals surface area contributed by atoms with Gasteiger partial charge in [-0.05, 0) is 36.8 Å². The Morgan fingerprint density at radius 1 is 1.06 bits per heavy atom. The van der Waals surface area contributed by atoms with E-state index in [4.69, 9.17) is 19.9 Å². The second-order valence-electron chi connectivity index (χ2n) is 8.09. The average molecular weight is 415 g/mol. The van der Waals surface area contributed by atoms with Crippen LogP contribution in [0, 0.1) is 6.92 Å². The van der Waals surface area contributed by atoms with Crippen molar-refractivity contribution < 1.29 is 19.0 Å². The normalized spacial score (nSPS) is 20.5. The molecular weight excluding hydrogens is 394 g/mol. The third-order valence-corrected chi connectivity index (χ3v) is 6.38. The Hall–Kier alpha value is -3.74. The molecule has 0 bridgehead atoms. The number of rotatable bonds is 2. The highest BCUT2D eigenvalue weighted by atomic mass is 16.6. The van der Waals surface area contributed by atoms with Crippen LogP contribution >= 0.6 is 0 Å². The van der Waals surface area contributed by atoms with Gasteiger partial charge in [0.1, 0.15) is 31.0 Å². The van der Waals surface area contributed by atoms with Crippen molar-refractivity contribution in [1.82, 2.24) is 4.98 Å². The number of nitrogens with zero attached hydrogens (tertiary/aromatic N) is 2. The molecule has 2 N–H and O–H groups in total. The third-order valence-electron chi connectivity index (χ3n) is 6.38. The van der Waals surface area contributed by atoms with E-state index in [1.807, 2.05) is 49.4 Å². The lowest BCUT2D eigenvalue weighted by atomic mass is 9.76. The van der Waals surface area contributed by atoms with E-state index in [2.05, 4.69) is 4.98 Å². The first-order valence-corrected chi connectivity index (χ1v) is 10.3. The molecule has 1 unspecified atom stereocenters. The highest BCUT2D eigenvalue weighted by Crippen LogP contribution is 2.56. The zero-order valence-electron chi connectivity index (χ0n) is 17.1. The monoisotopic (exact) mass is 415 g/mol. The first-order valence-electron chi connectivity index (χ1n) is 10.3. The average Bonchev–Trinajstić information content (AvgIpc) is 3.26. The smallest absolute Gasteiger partial charge is 0.246 e. The van der Waals surface area contributed by atoms with Crippen LogP contribution < -0.4 is 24.8 Å². The number of ether oxygens (including phenoxy) is 3. The minimum atomic E-state index is -1.02. The molecule has 1 atom stereocenters. The lowest BCUT2D eigenvalue weighted by molar-refractivity contribution is -0.122. The zero-order chi connectivity index (χ0) is 21.2. The number of fused-ring (bicyclic) bond motifs is 5. The number of carbonyl (C=O) groups excluding carboxylic acids is 1. The van der Waals surface area contributed by atoms with Gasteiger partial charge in [0.25, 0.3) is 0 Å². The highest BCUT2D eigenvalue weighted by Gasteiger charge is 2.58. The van der Waals surface area contributed by atoms with Gasteiger partial charge in [-0.3, -0.25) is 9.78 Å². The topological polar surface area (TPSA) is 86.9 Å². The molecule has 1 spiro atoms. The number of hydrogen-bond donors (Lipinski definition) is 1. The van der Waals surface area contributed by atoms with Crippen LogP contribution in [0.15, 0.2) is 48.7 Å². The molecule has 0 aliphatic carbocycles. The van der Waals surface area contributed by atoms with E-state index in [1.165, 1.54) is 0 Å². The summed E-state index contributed by atoms with van der Waals surface area (Å²) in [4.78, 5) is 20.3. The third kappa shape index (κ3) is 2.40. The van der Waals surface area contributed by atoms with Gasteiger partial charge in [0.05, 0.1) is 17.9 Å². The molecule has 31 heavy (non-hydrogen) atoms. The number of pyridine rings is 1. The number of hydrogen-bond acceptors (Lipinski definition) is 6. The van der Waals surface area contributed by atoms with Crippen LogP contribution in [0.5, 0.6) is 17.2 Å². The van der Waals surface area contributed by atoms with Crippen LogP contribution in [0.1, 0.15) is 22.4 Å². The maximum atomic E-state index is 14.1. The van der Waals surface area contributed by atoms with E-state index in [0.717, 1.165) is 28.1 Å². The van der Waals surface area contributed by atoms with Crippen LogP contribution in [-0.2, 0) is 16.8 Å². The molecule has 0 radical (unpaired) electrons.